The molecule has 0 bridgehead atoms. The van der Waals surface area contributed by atoms with E-state index < -0.39 is 10.1 Å². The molecule has 0 N–H and O–H groups in total. The summed E-state index contributed by atoms with van der Waals surface area (Å²) >= 11 is 5.91. The van der Waals surface area contributed by atoms with Gasteiger partial charge in [-0.3, -0.25) is 0 Å². The van der Waals surface area contributed by atoms with Crippen LogP contribution in [-0.4, -0.2) is 8.42 Å². The maximum Gasteiger partial charge on any atom is 0.339 e. The summed E-state index contributed by atoms with van der Waals surface area (Å²) < 4.78 is 29.4. The first-order chi connectivity index (χ1) is 12.4. The minimum absolute atomic E-state index is 0.0422. The highest BCUT2D eigenvalue weighted by Crippen LogP contribution is 2.29. The zero-order valence-corrected chi connectivity index (χ0v) is 15.5. The third-order valence-electron chi connectivity index (χ3n) is 3.85. The maximum atomic E-state index is 12.2. The average molecular weight is 383 g/mol. The predicted molar refractivity (Wildman–Crippen MR) is 104 cm³/mol. The lowest BCUT2D eigenvalue weighted by Crippen LogP contribution is -2.10. The van der Waals surface area contributed by atoms with Gasteiger partial charge in [-0.05, 0) is 42.3 Å². The monoisotopic (exact) mass is 382 g/mol. The highest BCUT2D eigenvalue weighted by atomic mass is 35.5. The Morgan fingerprint density at radius 1 is 0.923 bits per heavy atom. The van der Waals surface area contributed by atoms with E-state index in [2.05, 4.69) is 30.2 Å². The molecule has 0 amide bonds. The van der Waals surface area contributed by atoms with Gasteiger partial charge in [0.05, 0.1) is 10.6 Å². The fraction of sp³-hybridized carbons (Fsp3) is 0.0476. The molecule has 0 heterocycles. The Bertz CT molecular complexity index is 1060. The first-order valence-corrected chi connectivity index (χ1v) is 9.56. The molecule has 0 radical (unpaired) electrons. The van der Waals surface area contributed by atoms with Crippen LogP contribution in [0.1, 0.15) is 11.1 Å². The standard InChI is InChI=1S/C15H11ClO3S.C6H4/c1-3-13-14(16)5-4-6-15(13)19-20(17,18)12-9-7-11(2)8-10-12;1-2-6-4-3-5(1)6/h1,4-10H,2H3;1-4H. The summed E-state index contributed by atoms with van der Waals surface area (Å²) in [7, 11) is -3.93. The van der Waals surface area contributed by atoms with Crippen molar-refractivity contribution < 1.29 is 12.6 Å². The van der Waals surface area contributed by atoms with Gasteiger partial charge in [0.15, 0.2) is 5.75 Å². The minimum Gasteiger partial charge on any atom is -0.378 e. The molecule has 2 aliphatic carbocycles. The predicted octanol–water partition coefficient (Wildman–Crippen LogP) is 5.06. The normalized spacial score (nSPS) is 11.0. The quantitative estimate of drug-likeness (QED) is 0.367. The molecule has 0 fully saturated rings. The van der Waals surface area contributed by atoms with Crippen LogP contribution in [0.25, 0.3) is 11.1 Å². The summed E-state index contributed by atoms with van der Waals surface area (Å²) in [5.41, 5.74) is 4.02. The van der Waals surface area contributed by atoms with E-state index in [0.29, 0.717) is 0 Å². The van der Waals surface area contributed by atoms with E-state index in [-0.39, 0.29) is 21.2 Å². The fourth-order valence-corrected chi connectivity index (χ4v) is 3.41. The summed E-state index contributed by atoms with van der Waals surface area (Å²) in [6.07, 6.45) is 5.32. The van der Waals surface area contributed by atoms with Gasteiger partial charge in [0.25, 0.3) is 0 Å². The molecule has 4 rings (SSSR count). The van der Waals surface area contributed by atoms with E-state index in [1.165, 1.54) is 29.3 Å². The zero-order chi connectivity index (χ0) is 18.7. The zero-order valence-electron chi connectivity index (χ0n) is 13.9. The highest BCUT2D eigenvalue weighted by Gasteiger charge is 2.18. The SMILES string of the molecule is C#Cc1c(Cl)cccc1OS(=O)(=O)c1ccc(C)cc1.c1cc2ccc1-2. The molecule has 5 heteroatoms. The highest BCUT2D eigenvalue weighted by molar-refractivity contribution is 7.87. The van der Waals surface area contributed by atoms with E-state index in [1.807, 2.05) is 6.92 Å². The van der Waals surface area contributed by atoms with Gasteiger partial charge in [-0.1, -0.05) is 65.5 Å². The van der Waals surface area contributed by atoms with E-state index in [1.54, 1.807) is 24.3 Å². The molecule has 0 aliphatic heterocycles. The number of hydrogen-bond donors (Lipinski definition) is 0. The molecule has 2 aromatic rings. The van der Waals surface area contributed by atoms with Crippen molar-refractivity contribution in [2.75, 3.05) is 0 Å². The van der Waals surface area contributed by atoms with Gasteiger partial charge in [0.2, 0.25) is 0 Å². The van der Waals surface area contributed by atoms with Gasteiger partial charge in [-0.15, -0.1) is 6.42 Å². The molecule has 2 aliphatic rings. The van der Waals surface area contributed by atoms with Gasteiger partial charge in [0.1, 0.15) is 4.90 Å². The van der Waals surface area contributed by atoms with Crippen LogP contribution >= 0.6 is 11.6 Å². The Labute approximate surface area is 158 Å². The molecule has 3 nitrogen and oxygen atoms in total. The van der Waals surface area contributed by atoms with Crippen molar-refractivity contribution in [1.82, 2.24) is 0 Å². The molecule has 0 atom stereocenters. The largest absolute Gasteiger partial charge is 0.378 e. The van der Waals surface area contributed by atoms with Crippen LogP contribution in [0.15, 0.2) is 71.6 Å². The number of terminal acetylenes is 1. The third kappa shape index (κ3) is 3.75. The van der Waals surface area contributed by atoms with E-state index in [0.717, 1.165) is 5.56 Å². The van der Waals surface area contributed by atoms with E-state index in [9.17, 15) is 8.42 Å². The maximum absolute atomic E-state index is 12.2. The summed E-state index contributed by atoms with van der Waals surface area (Å²) in [5, 5.41) is 0.268. The molecule has 0 unspecified atom stereocenters. The minimum atomic E-state index is -3.93. The van der Waals surface area contributed by atoms with Crippen LogP contribution in [0.3, 0.4) is 0 Å². The lowest BCUT2D eigenvalue weighted by molar-refractivity contribution is 0.485. The van der Waals surface area contributed by atoms with Crippen LogP contribution in [0.2, 0.25) is 5.02 Å². The van der Waals surface area contributed by atoms with Crippen LogP contribution in [0.4, 0.5) is 0 Å². The summed E-state index contributed by atoms with van der Waals surface area (Å²) in [4.78, 5) is 0.0612. The van der Waals surface area contributed by atoms with Crippen LogP contribution in [-0.2, 0) is 10.1 Å². The smallest absolute Gasteiger partial charge is 0.339 e. The number of halogens is 1. The van der Waals surface area contributed by atoms with Crippen molar-refractivity contribution in [3.05, 3.63) is 82.9 Å². The van der Waals surface area contributed by atoms with Crippen molar-refractivity contribution in [3.63, 3.8) is 0 Å². The molecule has 0 spiro atoms. The van der Waals surface area contributed by atoms with Gasteiger partial charge < -0.3 is 4.18 Å². The van der Waals surface area contributed by atoms with Gasteiger partial charge in [-0.2, -0.15) is 8.42 Å². The second-order valence-electron chi connectivity index (χ2n) is 5.69. The first-order valence-electron chi connectivity index (χ1n) is 7.77. The third-order valence-corrected chi connectivity index (χ3v) is 5.41. The average Bonchev–Trinajstić information content (AvgIpc) is 2.59. The van der Waals surface area contributed by atoms with Crippen LogP contribution < -0.4 is 4.18 Å². The molecule has 0 saturated carbocycles. The number of fused-ring (bicyclic) bond motifs is 1. The molecular formula is C21H15ClO3S. The lowest BCUT2D eigenvalue weighted by atomic mass is 9.95. The second kappa shape index (κ2) is 7.25. The van der Waals surface area contributed by atoms with Crippen LogP contribution in [0.5, 0.6) is 5.75 Å². The van der Waals surface area contributed by atoms with Gasteiger partial charge >= 0.3 is 10.1 Å². The van der Waals surface area contributed by atoms with Crippen molar-refractivity contribution in [1.29, 1.82) is 0 Å². The second-order valence-corrected chi connectivity index (χ2v) is 7.64. The molecule has 26 heavy (non-hydrogen) atoms. The summed E-state index contributed by atoms with van der Waals surface area (Å²) in [5.74, 6) is 2.37. The summed E-state index contributed by atoms with van der Waals surface area (Å²) in [6, 6.07) is 19.4. The van der Waals surface area contributed by atoms with Crippen molar-refractivity contribution in [2.24, 2.45) is 0 Å². The number of rotatable bonds is 3. The molecule has 130 valence electrons. The number of hydrogen-bond acceptors (Lipinski definition) is 3. The van der Waals surface area contributed by atoms with E-state index >= 15 is 0 Å². The molecule has 0 aromatic heterocycles. The Balaban J connectivity index is 0.000000269. The Morgan fingerprint density at radius 2 is 1.50 bits per heavy atom. The lowest BCUT2D eigenvalue weighted by Gasteiger charge is -2.10. The molecule has 0 saturated heterocycles. The number of aryl methyl sites for hydroxylation is 1. The first kappa shape index (κ1) is 18.1. The Hall–Kier alpha value is -2.74. The Kier molecular flexibility index (Phi) is 5.03. The van der Waals surface area contributed by atoms with Gasteiger partial charge in [0, 0.05) is 0 Å². The van der Waals surface area contributed by atoms with Crippen molar-refractivity contribution >= 4 is 21.7 Å². The van der Waals surface area contributed by atoms with Crippen LogP contribution in [0, 0.1) is 19.3 Å². The fourth-order valence-electron chi connectivity index (χ4n) is 2.25. The summed E-state index contributed by atoms with van der Waals surface area (Å²) in [6.45, 7) is 1.87. The number of benzene rings is 3. The van der Waals surface area contributed by atoms with Crippen molar-refractivity contribution in [2.45, 2.75) is 11.8 Å². The van der Waals surface area contributed by atoms with E-state index in [4.69, 9.17) is 22.2 Å². The topological polar surface area (TPSA) is 43.4 Å². The van der Waals surface area contributed by atoms with Gasteiger partial charge in [-0.25, -0.2) is 0 Å². The Morgan fingerprint density at radius 3 is 1.96 bits per heavy atom. The molecule has 2 aromatic carbocycles. The molecular weight excluding hydrogens is 368 g/mol. The van der Waals surface area contributed by atoms with Crippen molar-refractivity contribution in [3.8, 4) is 29.2 Å².